The molecule has 2 N–H and O–H groups in total. The van der Waals surface area contributed by atoms with Gasteiger partial charge in [0.1, 0.15) is 22.5 Å². The number of rotatable bonds is 3. The van der Waals surface area contributed by atoms with Gasteiger partial charge in [0.15, 0.2) is 0 Å². The highest BCUT2D eigenvalue weighted by atomic mass is 16.6. The number of ether oxygens (including phenoxy) is 1. The Labute approximate surface area is 180 Å². The lowest BCUT2D eigenvalue weighted by molar-refractivity contribution is 0.0488. The number of carbonyl (C=O) groups excluding carboxylic acids is 1. The van der Waals surface area contributed by atoms with Crippen LogP contribution in [-0.4, -0.2) is 37.3 Å². The number of aromatic amines is 1. The number of aromatic nitrogens is 4. The summed E-state index contributed by atoms with van der Waals surface area (Å²) in [5, 5.41) is 3.92. The molecule has 2 saturated carbocycles. The van der Waals surface area contributed by atoms with Crippen LogP contribution < -0.4 is 10.9 Å². The third-order valence-electron chi connectivity index (χ3n) is 6.21. The van der Waals surface area contributed by atoms with E-state index >= 15 is 0 Å². The Kier molecular flexibility index (Phi) is 4.75. The highest BCUT2D eigenvalue weighted by Gasteiger charge is 2.33. The second-order valence-electron chi connectivity index (χ2n) is 9.83. The molecule has 164 valence electrons. The van der Waals surface area contributed by atoms with E-state index in [0.717, 1.165) is 60.6 Å². The Morgan fingerprint density at radius 3 is 2.61 bits per heavy atom. The van der Waals surface area contributed by atoms with E-state index in [1.54, 1.807) is 6.20 Å². The standard InChI is InChI=1S/C23H29N5O3/c1-23(2,3)31-22(30)26-14-6-8-15(9-7-14)28-19-16-10-11-24-20(16)25-12-17(19)27-18(21(28)29)13-4-5-13/h10-15H,4-9H2,1-3H3,(H,24,25)(H,26,30). The van der Waals surface area contributed by atoms with Crippen LogP contribution in [-0.2, 0) is 4.74 Å². The van der Waals surface area contributed by atoms with Gasteiger partial charge in [-0.05, 0) is 65.4 Å². The molecule has 3 aromatic rings. The van der Waals surface area contributed by atoms with E-state index < -0.39 is 5.60 Å². The van der Waals surface area contributed by atoms with Crippen LogP contribution in [0.5, 0.6) is 0 Å². The van der Waals surface area contributed by atoms with Crippen molar-refractivity contribution < 1.29 is 9.53 Å². The maximum atomic E-state index is 13.5. The first-order valence-electron chi connectivity index (χ1n) is 11.2. The van der Waals surface area contributed by atoms with E-state index in [4.69, 9.17) is 9.72 Å². The number of H-pyrrole nitrogens is 1. The number of pyridine rings is 1. The minimum atomic E-state index is -0.514. The molecule has 2 fully saturated rings. The Balaban J connectivity index is 1.45. The van der Waals surface area contributed by atoms with Crippen LogP contribution in [0.1, 0.15) is 76.9 Å². The number of nitrogens with zero attached hydrogens (tertiary/aromatic N) is 3. The lowest BCUT2D eigenvalue weighted by atomic mass is 9.90. The lowest BCUT2D eigenvalue weighted by Gasteiger charge is -2.32. The first-order chi connectivity index (χ1) is 14.8. The summed E-state index contributed by atoms with van der Waals surface area (Å²) in [4.78, 5) is 38.0. The number of carbonyl (C=O) groups is 1. The second kappa shape index (κ2) is 7.35. The van der Waals surface area contributed by atoms with Crippen LogP contribution in [0.2, 0.25) is 0 Å². The molecule has 8 heteroatoms. The summed E-state index contributed by atoms with van der Waals surface area (Å²) in [6.45, 7) is 5.58. The normalized spacial score (nSPS) is 22.0. The van der Waals surface area contributed by atoms with Crippen molar-refractivity contribution in [2.75, 3.05) is 0 Å². The summed E-state index contributed by atoms with van der Waals surface area (Å²) < 4.78 is 7.36. The molecule has 0 aliphatic heterocycles. The quantitative estimate of drug-likeness (QED) is 0.659. The number of hydrogen-bond acceptors (Lipinski definition) is 5. The number of alkyl carbamates (subject to hydrolysis) is 1. The predicted octanol–water partition coefficient (Wildman–Crippen LogP) is 4.16. The molecule has 3 heterocycles. The van der Waals surface area contributed by atoms with Gasteiger partial charge in [0, 0.05) is 29.6 Å². The van der Waals surface area contributed by atoms with Crippen molar-refractivity contribution >= 4 is 28.2 Å². The fraction of sp³-hybridized carbons (Fsp3) is 0.565. The van der Waals surface area contributed by atoms with Gasteiger partial charge in [-0.2, -0.15) is 0 Å². The maximum absolute atomic E-state index is 13.5. The third kappa shape index (κ3) is 3.91. The van der Waals surface area contributed by atoms with Crippen molar-refractivity contribution in [2.45, 2.75) is 82.9 Å². The average Bonchev–Trinajstić information content (AvgIpc) is 3.43. The molecule has 5 rings (SSSR count). The number of nitrogens with one attached hydrogen (secondary N) is 2. The van der Waals surface area contributed by atoms with Gasteiger partial charge < -0.3 is 19.6 Å². The van der Waals surface area contributed by atoms with Gasteiger partial charge in [0.2, 0.25) is 0 Å². The third-order valence-corrected chi connectivity index (χ3v) is 6.21. The van der Waals surface area contributed by atoms with Crippen LogP contribution in [0, 0.1) is 0 Å². The van der Waals surface area contributed by atoms with Crippen LogP contribution >= 0.6 is 0 Å². The smallest absolute Gasteiger partial charge is 0.407 e. The zero-order valence-electron chi connectivity index (χ0n) is 18.3. The first kappa shape index (κ1) is 20.0. The van der Waals surface area contributed by atoms with Crippen molar-refractivity contribution in [3.05, 3.63) is 34.5 Å². The van der Waals surface area contributed by atoms with Crippen molar-refractivity contribution in [1.82, 2.24) is 24.8 Å². The van der Waals surface area contributed by atoms with Gasteiger partial charge in [-0.15, -0.1) is 0 Å². The molecule has 0 aromatic carbocycles. The molecule has 3 aromatic heterocycles. The van der Waals surface area contributed by atoms with Crippen molar-refractivity contribution in [2.24, 2.45) is 0 Å². The van der Waals surface area contributed by atoms with E-state index in [2.05, 4.69) is 15.3 Å². The van der Waals surface area contributed by atoms with Gasteiger partial charge in [0.25, 0.3) is 5.56 Å². The minimum Gasteiger partial charge on any atom is -0.444 e. The average molecular weight is 424 g/mol. The Morgan fingerprint density at radius 1 is 1.19 bits per heavy atom. The van der Waals surface area contributed by atoms with E-state index in [1.165, 1.54) is 0 Å². The van der Waals surface area contributed by atoms with Gasteiger partial charge >= 0.3 is 6.09 Å². The summed E-state index contributed by atoms with van der Waals surface area (Å²) >= 11 is 0. The van der Waals surface area contributed by atoms with E-state index in [0.29, 0.717) is 5.69 Å². The van der Waals surface area contributed by atoms with Gasteiger partial charge in [-0.1, -0.05) is 0 Å². The Bertz CT molecular complexity index is 1190. The zero-order valence-corrected chi connectivity index (χ0v) is 18.3. The number of fused-ring (bicyclic) bond motifs is 3. The minimum absolute atomic E-state index is 0.0345. The summed E-state index contributed by atoms with van der Waals surface area (Å²) in [6, 6.07) is 2.11. The number of hydrogen-bond donors (Lipinski definition) is 2. The van der Waals surface area contributed by atoms with E-state index in [1.807, 2.05) is 37.6 Å². The largest absolute Gasteiger partial charge is 0.444 e. The second-order valence-corrected chi connectivity index (χ2v) is 9.83. The molecule has 0 bridgehead atoms. The molecule has 0 unspecified atom stereocenters. The van der Waals surface area contributed by atoms with E-state index in [9.17, 15) is 9.59 Å². The maximum Gasteiger partial charge on any atom is 0.407 e. The molecule has 0 spiro atoms. The molecule has 8 nitrogen and oxygen atoms in total. The Morgan fingerprint density at radius 2 is 1.94 bits per heavy atom. The highest BCUT2D eigenvalue weighted by molar-refractivity contribution is 6.00. The SMILES string of the molecule is CC(C)(C)OC(=O)NC1CCC(n2c(=O)c(C3CC3)nc3cnc4[nH]ccc4c32)CC1. The predicted molar refractivity (Wildman–Crippen MR) is 118 cm³/mol. The summed E-state index contributed by atoms with van der Waals surface area (Å²) in [6.07, 6.45) is 8.54. The number of amides is 1. The van der Waals surface area contributed by atoms with Crippen LogP contribution in [0.25, 0.3) is 22.1 Å². The molecule has 2 aliphatic rings. The van der Waals surface area contributed by atoms with Crippen molar-refractivity contribution in [3.63, 3.8) is 0 Å². The molecule has 0 radical (unpaired) electrons. The van der Waals surface area contributed by atoms with Crippen molar-refractivity contribution in [1.29, 1.82) is 0 Å². The van der Waals surface area contributed by atoms with Crippen LogP contribution in [0.15, 0.2) is 23.3 Å². The summed E-state index contributed by atoms with van der Waals surface area (Å²) in [7, 11) is 0. The van der Waals surface area contributed by atoms with Crippen LogP contribution in [0.4, 0.5) is 4.79 Å². The summed E-state index contributed by atoms with van der Waals surface area (Å²) in [5.74, 6) is 0.273. The molecule has 31 heavy (non-hydrogen) atoms. The molecule has 0 atom stereocenters. The lowest BCUT2D eigenvalue weighted by Crippen LogP contribution is -2.42. The van der Waals surface area contributed by atoms with Crippen LogP contribution in [0.3, 0.4) is 0 Å². The molecule has 2 aliphatic carbocycles. The molecular weight excluding hydrogens is 394 g/mol. The first-order valence-corrected chi connectivity index (χ1v) is 11.2. The molecule has 1 amide bonds. The van der Waals surface area contributed by atoms with Gasteiger partial charge in [0.05, 0.1) is 11.7 Å². The zero-order chi connectivity index (χ0) is 21.8. The molecular formula is C23H29N5O3. The summed E-state index contributed by atoms with van der Waals surface area (Å²) in [5.41, 5.74) is 2.61. The Hall–Kier alpha value is -2.90. The highest BCUT2D eigenvalue weighted by Crippen LogP contribution is 2.39. The van der Waals surface area contributed by atoms with Crippen molar-refractivity contribution in [3.8, 4) is 0 Å². The molecule has 0 saturated heterocycles. The van der Waals surface area contributed by atoms with Gasteiger partial charge in [-0.25, -0.2) is 14.8 Å². The monoisotopic (exact) mass is 423 g/mol. The van der Waals surface area contributed by atoms with Gasteiger partial charge in [-0.3, -0.25) is 4.79 Å². The topological polar surface area (TPSA) is 102 Å². The fourth-order valence-corrected chi connectivity index (χ4v) is 4.64. The fourth-order valence-electron chi connectivity index (χ4n) is 4.64. The van der Waals surface area contributed by atoms with E-state index in [-0.39, 0.29) is 29.7 Å².